The summed E-state index contributed by atoms with van der Waals surface area (Å²) in [6.07, 6.45) is 1.00. The minimum atomic E-state index is -0.00884. The molecule has 19 heavy (non-hydrogen) atoms. The molecule has 0 N–H and O–H groups in total. The topological polar surface area (TPSA) is 26.9 Å². The van der Waals surface area contributed by atoms with Gasteiger partial charge in [-0.2, -0.15) is 0 Å². The van der Waals surface area contributed by atoms with Crippen LogP contribution in [0.3, 0.4) is 0 Å². The molecule has 0 atom stereocenters. The van der Waals surface area contributed by atoms with Gasteiger partial charge in [0.05, 0.1) is 16.7 Å². The number of aryl methyl sites for hydroxylation is 2. The summed E-state index contributed by atoms with van der Waals surface area (Å²) >= 11 is 0. The first-order valence-electron chi connectivity index (χ1n) is 6.48. The van der Waals surface area contributed by atoms with Crippen LogP contribution in [0.1, 0.15) is 12.5 Å². The number of benzene rings is 2. The second kappa shape index (κ2) is 4.43. The molecule has 0 fully saturated rings. The summed E-state index contributed by atoms with van der Waals surface area (Å²) < 4.78 is 3.44. The maximum absolute atomic E-state index is 12.4. The van der Waals surface area contributed by atoms with E-state index in [0.717, 1.165) is 23.1 Å². The highest BCUT2D eigenvalue weighted by atomic mass is 16.1. The standard InChI is InChI=1S/C16H16N2O/c1-3-12-8-10-13(11-9-12)18-15-7-5-4-6-14(15)17(2)16(18)19/h4-11H,3H2,1-2H3. The normalized spacial score (nSPS) is 11.1. The van der Waals surface area contributed by atoms with Crippen molar-refractivity contribution in [2.75, 3.05) is 0 Å². The van der Waals surface area contributed by atoms with Crippen LogP contribution in [0.25, 0.3) is 16.7 Å². The molecule has 0 amide bonds. The summed E-state index contributed by atoms with van der Waals surface area (Å²) in [5.41, 5.74) is 4.08. The molecule has 1 aromatic heterocycles. The summed E-state index contributed by atoms with van der Waals surface area (Å²) in [5.74, 6) is 0. The fourth-order valence-corrected chi connectivity index (χ4v) is 2.42. The molecule has 0 unspecified atom stereocenters. The van der Waals surface area contributed by atoms with Crippen molar-refractivity contribution in [1.29, 1.82) is 0 Å². The molecule has 3 heteroatoms. The number of fused-ring (bicyclic) bond motifs is 1. The number of rotatable bonds is 2. The molecule has 0 bridgehead atoms. The highest BCUT2D eigenvalue weighted by Crippen LogP contribution is 2.17. The number of imidazole rings is 1. The zero-order valence-electron chi connectivity index (χ0n) is 11.1. The Morgan fingerprint density at radius 2 is 1.58 bits per heavy atom. The molecule has 3 rings (SSSR count). The van der Waals surface area contributed by atoms with Crippen molar-refractivity contribution >= 4 is 11.0 Å². The number of aromatic nitrogens is 2. The molecular weight excluding hydrogens is 236 g/mol. The highest BCUT2D eigenvalue weighted by molar-refractivity contribution is 5.78. The van der Waals surface area contributed by atoms with Crippen LogP contribution in [0.15, 0.2) is 53.3 Å². The summed E-state index contributed by atoms with van der Waals surface area (Å²) in [4.78, 5) is 12.4. The molecule has 1 heterocycles. The third kappa shape index (κ3) is 1.78. The first kappa shape index (κ1) is 11.8. The maximum atomic E-state index is 12.4. The maximum Gasteiger partial charge on any atom is 0.333 e. The van der Waals surface area contributed by atoms with E-state index < -0.39 is 0 Å². The smallest absolute Gasteiger partial charge is 0.295 e. The van der Waals surface area contributed by atoms with E-state index in [9.17, 15) is 4.79 Å². The molecule has 96 valence electrons. The molecule has 0 aliphatic carbocycles. The fourth-order valence-electron chi connectivity index (χ4n) is 2.42. The second-order valence-electron chi connectivity index (χ2n) is 4.69. The quantitative estimate of drug-likeness (QED) is 0.689. The van der Waals surface area contributed by atoms with Crippen molar-refractivity contribution in [3.8, 4) is 5.69 Å². The third-order valence-corrected chi connectivity index (χ3v) is 3.56. The third-order valence-electron chi connectivity index (χ3n) is 3.56. The Hall–Kier alpha value is -2.29. The van der Waals surface area contributed by atoms with Crippen LogP contribution < -0.4 is 5.69 Å². The molecular formula is C16H16N2O. The lowest BCUT2D eigenvalue weighted by atomic mass is 10.1. The van der Waals surface area contributed by atoms with E-state index in [2.05, 4.69) is 19.1 Å². The Balaban J connectivity index is 2.29. The van der Waals surface area contributed by atoms with Crippen LogP contribution in [-0.4, -0.2) is 9.13 Å². The van der Waals surface area contributed by atoms with Crippen molar-refractivity contribution in [2.24, 2.45) is 7.05 Å². The van der Waals surface area contributed by atoms with E-state index in [0.29, 0.717) is 0 Å². The van der Waals surface area contributed by atoms with Crippen LogP contribution in [0, 0.1) is 0 Å². The van der Waals surface area contributed by atoms with Gasteiger partial charge in [0, 0.05) is 7.05 Å². The van der Waals surface area contributed by atoms with Gasteiger partial charge in [-0.25, -0.2) is 4.79 Å². The van der Waals surface area contributed by atoms with Crippen LogP contribution in [0.4, 0.5) is 0 Å². The first-order chi connectivity index (χ1) is 9.22. The SMILES string of the molecule is CCc1ccc(-n2c(=O)n(C)c3ccccc32)cc1. The van der Waals surface area contributed by atoms with Gasteiger partial charge in [0.15, 0.2) is 0 Å². The van der Waals surface area contributed by atoms with Crippen molar-refractivity contribution in [3.05, 3.63) is 64.6 Å². The van der Waals surface area contributed by atoms with Crippen molar-refractivity contribution in [1.82, 2.24) is 9.13 Å². The zero-order chi connectivity index (χ0) is 13.4. The average Bonchev–Trinajstić information content (AvgIpc) is 2.72. The lowest BCUT2D eigenvalue weighted by Gasteiger charge is -2.04. The van der Waals surface area contributed by atoms with E-state index in [1.807, 2.05) is 43.4 Å². The van der Waals surface area contributed by atoms with Gasteiger partial charge < -0.3 is 0 Å². The molecule has 0 radical (unpaired) electrons. The predicted octanol–water partition coefficient (Wildman–Crippen LogP) is 2.89. The summed E-state index contributed by atoms with van der Waals surface area (Å²) in [7, 11) is 1.81. The van der Waals surface area contributed by atoms with E-state index in [1.54, 1.807) is 9.13 Å². The minimum Gasteiger partial charge on any atom is -0.295 e. The molecule has 3 nitrogen and oxygen atoms in total. The van der Waals surface area contributed by atoms with Crippen LogP contribution in [-0.2, 0) is 13.5 Å². The van der Waals surface area contributed by atoms with Crippen molar-refractivity contribution in [2.45, 2.75) is 13.3 Å². The number of hydrogen-bond donors (Lipinski definition) is 0. The molecule has 0 aliphatic heterocycles. The Kier molecular flexibility index (Phi) is 2.75. The molecule has 0 saturated heterocycles. The largest absolute Gasteiger partial charge is 0.333 e. The van der Waals surface area contributed by atoms with Crippen molar-refractivity contribution in [3.63, 3.8) is 0 Å². The molecule has 0 saturated carbocycles. The van der Waals surface area contributed by atoms with Gasteiger partial charge in [0.1, 0.15) is 0 Å². The number of hydrogen-bond acceptors (Lipinski definition) is 1. The van der Waals surface area contributed by atoms with Gasteiger partial charge in [-0.05, 0) is 36.2 Å². The Morgan fingerprint density at radius 1 is 0.947 bits per heavy atom. The molecule has 0 aliphatic rings. The highest BCUT2D eigenvalue weighted by Gasteiger charge is 2.11. The fraction of sp³-hybridized carbons (Fsp3) is 0.188. The zero-order valence-corrected chi connectivity index (χ0v) is 11.1. The Morgan fingerprint density at radius 3 is 2.21 bits per heavy atom. The molecule has 2 aromatic carbocycles. The van der Waals surface area contributed by atoms with Gasteiger partial charge in [-0.15, -0.1) is 0 Å². The summed E-state index contributed by atoms with van der Waals surface area (Å²) in [5, 5.41) is 0. The van der Waals surface area contributed by atoms with Crippen LogP contribution >= 0.6 is 0 Å². The van der Waals surface area contributed by atoms with E-state index in [-0.39, 0.29) is 5.69 Å². The minimum absolute atomic E-state index is 0.00884. The van der Waals surface area contributed by atoms with Gasteiger partial charge in [-0.1, -0.05) is 31.2 Å². The van der Waals surface area contributed by atoms with Crippen LogP contribution in [0.2, 0.25) is 0 Å². The predicted molar refractivity (Wildman–Crippen MR) is 77.9 cm³/mol. The molecule has 3 aromatic rings. The van der Waals surface area contributed by atoms with Gasteiger partial charge in [0.25, 0.3) is 0 Å². The second-order valence-corrected chi connectivity index (χ2v) is 4.69. The molecule has 0 spiro atoms. The van der Waals surface area contributed by atoms with Gasteiger partial charge in [0.2, 0.25) is 0 Å². The Bertz CT molecular complexity index is 779. The Labute approximate surface area is 111 Å². The lowest BCUT2D eigenvalue weighted by molar-refractivity contribution is 0.846. The van der Waals surface area contributed by atoms with E-state index >= 15 is 0 Å². The first-order valence-corrected chi connectivity index (χ1v) is 6.48. The average molecular weight is 252 g/mol. The van der Waals surface area contributed by atoms with E-state index in [4.69, 9.17) is 0 Å². The summed E-state index contributed by atoms with van der Waals surface area (Å²) in [6, 6.07) is 16.0. The van der Waals surface area contributed by atoms with Gasteiger partial charge in [-0.3, -0.25) is 9.13 Å². The van der Waals surface area contributed by atoms with Crippen LogP contribution in [0.5, 0.6) is 0 Å². The summed E-state index contributed by atoms with van der Waals surface area (Å²) in [6.45, 7) is 2.12. The lowest BCUT2D eigenvalue weighted by Crippen LogP contribution is -2.20. The van der Waals surface area contributed by atoms with Crippen molar-refractivity contribution < 1.29 is 0 Å². The number of para-hydroxylation sites is 2. The van der Waals surface area contributed by atoms with E-state index in [1.165, 1.54) is 5.56 Å². The van der Waals surface area contributed by atoms with Gasteiger partial charge >= 0.3 is 5.69 Å². The monoisotopic (exact) mass is 252 g/mol. The number of nitrogens with zero attached hydrogens (tertiary/aromatic N) is 2.